The van der Waals surface area contributed by atoms with Crippen LogP contribution in [0.3, 0.4) is 0 Å². The molecule has 0 aliphatic rings. The Morgan fingerprint density at radius 1 is 1.31 bits per heavy atom. The molecule has 3 heteroatoms. The third-order valence-corrected chi connectivity index (χ3v) is 1.98. The number of hydrogen-bond donors (Lipinski definition) is 2. The molecule has 0 aliphatic heterocycles. The van der Waals surface area contributed by atoms with E-state index in [1.807, 2.05) is 30.3 Å². The van der Waals surface area contributed by atoms with Crippen molar-refractivity contribution < 1.29 is 5.11 Å². The highest BCUT2D eigenvalue weighted by atomic mass is 35.5. The third kappa shape index (κ3) is 3.77. The summed E-state index contributed by atoms with van der Waals surface area (Å²) in [6.45, 7) is 1.28. The van der Waals surface area contributed by atoms with Gasteiger partial charge in [-0.15, -0.1) is 11.6 Å². The van der Waals surface area contributed by atoms with Gasteiger partial charge in [-0.25, -0.2) is 0 Å². The van der Waals surface area contributed by atoms with Crippen molar-refractivity contribution in [3.05, 3.63) is 35.9 Å². The molecule has 2 N–H and O–H groups in total. The van der Waals surface area contributed by atoms with Crippen molar-refractivity contribution in [3.8, 4) is 0 Å². The lowest BCUT2D eigenvalue weighted by Crippen LogP contribution is -2.23. The predicted octanol–water partition coefficient (Wildman–Crippen LogP) is 1.55. The average molecular weight is 200 g/mol. The van der Waals surface area contributed by atoms with Crippen molar-refractivity contribution in [3.63, 3.8) is 0 Å². The zero-order valence-electron chi connectivity index (χ0n) is 7.41. The van der Waals surface area contributed by atoms with Crippen LogP contribution >= 0.6 is 11.6 Å². The van der Waals surface area contributed by atoms with Crippen LogP contribution in [0.4, 0.5) is 0 Å². The summed E-state index contributed by atoms with van der Waals surface area (Å²) in [5.41, 5.74) is 0.935. The molecule has 0 spiro atoms. The molecule has 0 amide bonds. The van der Waals surface area contributed by atoms with Crippen molar-refractivity contribution >= 4 is 11.6 Å². The van der Waals surface area contributed by atoms with E-state index in [2.05, 4.69) is 5.32 Å². The molecule has 1 aromatic rings. The van der Waals surface area contributed by atoms with Crippen LogP contribution in [0.2, 0.25) is 0 Å². The lowest BCUT2D eigenvalue weighted by Gasteiger charge is -2.10. The van der Waals surface area contributed by atoms with Gasteiger partial charge >= 0.3 is 0 Å². The van der Waals surface area contributed by atoms with Gasteiger partial charge in [-0.2, -0.15) is 0 Å². The largest absolute Gasteiger partial charge is 0.387 e. The molecule has 1 rings (SSSR count). The highest BCUT2D eigenvalue weighted by Gasteiger charge is 2.04. The molecule has 2 nitrogen and oxygen atoms in total. The van der Waals surface area contributed by atoms with Gasteiger partial charge in [0.25, 0.3) is 0 Å². The van der Waals surface area contributed by atoms with E-state index in [0.29, 0.717) is 12.4 Å². The van der Waals surface area contributed by atoms with E-state index >= 15 is 0 Å². The van der Waals surface area contributed by atoms with Gasteiger partial charge in [0.2, 0.25) is 0 Å². The van der Waals surface area contributed by atoms with Gasteiger partial charge in [-0.1, -0.05) is 30.3 Å². The van der Waals surface area contributed by atoms with Crippen LogP contribution in [0.15, 0.2) is 30.3 Å². The highest BCUT2D eigenvalue weighted by molar-refractivity contribution is 6.18. The van der Waals surface area contributed by atoms with Crippen LogP contribution in [0.25, 0.3) is 0 Å². The molecule has 1 atom stereocenters. The number of aliphatic hydroxyl groups excluding tert-OH is 1. The number of nitrogens with one attached hydrogen (secondary N) is 1. The highest BCUT2D eigenvalue weighted by Crippen LogP contribution is 2.09. The van der Waals surface area contributed by atoms with Crippen LogP contribution in [-0.2, 0) is 0 Å². The molecule has 0 fully saturated rings. The minimum atomic E-state index is -0.440. The molecule has 0 heterocycles. The summed E-state index contributed by atoms with van der Waals surface area (Å²) in [6, 6.07) is 9.59. The maximum absolute atomic E-state index is 9.64. The van der Waals surface area contributed by atoms with E-state index < -0.39 is 6.10 Å². The molecule has 0 saturated carbocycles. The fourth-order valence-electron chi connectivity index (χ4n) is 1.10. The first-order valence-electron chi connectivity index (χ1n) is 4.34. The average Bonchev–Trinajstić information content (AvgIpc) is 2.19. The first kappa shape index (κ1) is 10.5. The van der Waals surface area contributed by atoms with Crippen molar-refractivity contribution in [2.24, 2.45) is 0 Å². The second-order valence-corrected chi connectivity index (χ2v) is 3.20. The van der Waals surface area contributed by atoms with Crippen LogP contribution in [-0.4, -0.2) is 24.1 Å². The van der Waals surface area contributed by atoms with Gasteiger partial charge in [-0.05, 0) is 5.56 Å². The Balaban J connectivity index is 2.35. The Morgan fingerprint density at radius 3 is 2.62 bits per heavy atom. The van der Waals surface area contributed by atoms with Gasteiger partial charge in [0.1, 0.15) is 0 Å². The van der Waals surface area contributed by atoms with Gasteiger partial charge in [0.15, 0.2) is 0 Å². The second-order valence-electron chi connectivity index (χ2n) is 2.82. The molecule has 0 aromatic heterocycles. The Morgan fingerprint density at radius 2 is 2.00 bits per heavy atom. The molecule has 1 unspecified atom stereocenters. The number of benzene rings is 1. The van der Waals surface area contributed by atoms with Crippen molar-refractivity contribution in [2.45, 2.75) is 6.10 Å². The number of hydrogen-bond acceptors (Lipinski definition) is 2. The minimum Gasteiger partial charge on any atom is -0.387 e. The zero-order chi connectivity index (χ0) is 9.52. The van der Waals surface area contributed by atoms with E-state index in [4.69, 9.17) is 11.6 Å². The molecule has 0 saturated heterocycles. The van der Waals surface area contributed by atoms with Crippen LogP contribution in [0.5, 0.6) is 0 Å². The Labute approximate surface area is 83.5 Å². The zero-order valence-corrected chi connectivity index (χ0v) is 8.17. The van der Waals surface area contributed by atoms with Gasteiger partial charge in [0, 0.05) is 19.0 Å². The van der Waals surface area contributed by atoms with Crippen molar-refractivity contribution in [1.29, 1.82) is 0 Å². The molecular formula is C10H14ClNO. The molecule has 0 radical (unpaired) electrons. The summed E-state index contributed by atoms with van der Waals surface area (Å²) in [7, 11) is 0. The van der Waals surface area contributed by atoms with Crippen LogP contribution < -0.4 is 5.32 Å². The summed E-state index contributed by atoms with van der Waals surface area (Å²) < 4.78 is 0. The monoisotopic (exact) mass is 199 g/mol. The van der Waals surface area contributed by atoms with E-state index in [1.165, 1.54) is 0 Å². The summed E-state index contributed by atoms with van der Waals surface area (Å²) in [4.78, 5) is 0. The fourth-order valence-corrected chi connectivity index (χ4v) is 1.23. The number of halogens is 1. The standard InChI is InChI=1S/C10H14ClNO/c11-6-7-12-8-10(13)9-4-2-1-3-5-9/h1-5,10,12-13H,6-8H2. The maximum Gasteiger partial charge on any atom is 0.0914 e. The Kier molecular flexibility index (Phi) is 4.83. The van der Waals surface area contributed by atoms with Gasteiger partial charge in [0.05, 0.1) is 6.10 Å². The summed E-state index contributed by atoms with van der Waals surface area (Å²) >= 11 is 5.49. The molecule has 0 aliphatic carbocycles. The fraction of sp³-hybridized carbons (Fsp3) is 0.400. The summed E-state index contributed by atoms with van der Waals surface area (Å²) in [5, 5.41) is 12.7. The first-order chi connectivity index (χ1) is 6.34. The number of alkyl halides is 1. The SMILES string of the molecule is OC(CNCCCl)c1ccccc1. The topological polar surface area (TPSA) is 32.3 Å². The van der Waals surface area contributed by atoms with Crippen LogP contribution in [0.1, 0.15) is 11.7 Å². The molecule has 72 valence electrons. The van der Waals surface area contributed by atoms with Gasteiger partial charge in [-0.3, -0.25) is 0 Å². The maximum atomic E-state index is 9.64. The van der Waals surface area contributed by atoms with Crippen molar-refractivity contribution in [1.82, 2.24) is 5.32 Å². The summed E-state index contributed by atoms with van der Waals surface area (Å²) in [6.07, 6.45) is -0.440. The van der Waals surface area contributed by atoms with E-state index in [9.17, 15) is 5.11 Å². The van der Waals surface area contributed by atoms with Crippen LogP contribution in [0, 0.1) is 0 Å². The Bertz CT molecular complexity index is 228. The molecule has 0 bridgehead atoms. The second kappa shape index (κ2) is 5.97. The molecular weight excluding hydrogens is 186 g/mol. The predicted molar refractivity (Wildman–Crippen MR) is 55.0 cm³/mol. The van der Waals surface area contributed by atoms with E-state index in [-0.39, 0.29) is 0 Å². The molecule has 1 aromatic carbocycles. The number of rotatable bonds is 5. The Hall–Kier alpha value is -0.570. The van der Waals surface area contributed by atoms with Gasteiger partial charge < -0.3 is 10.4 Å². The number of aliphatic hydroxyl groups is 1. The quantitative estimate of drug-likeness (QED) is 0.557. The smallest absolute Gasteiger partial charge is 0.0914 e. The third-order valence-electron chi connectivity index (χ3n) is 1.79. The molecule has 13 heavy (non-hydrogen) atoms. The van der Waals surface area contributed by atoms with Crippen molar-refractivity contribution in [2.75, 3.05) is 19.0 Å². The first-order valence-corrected chi connectivity index (χ1v) is 4.87. The minimum absolute atomic E-state index is 0.440. The van der Waals surface area contributed by atoms with E-state index in [0.717, 1.165) is 12.1 Å². The lowest BCUT2D eigenvalue weighted by atomic mass is 10.1. The normalized spacial score (nSPS) is 12.8. The van der Waals surface area contributed by atoms with E-state index in [1.54, 1.807) is 0 Å². The lowest BCUT2D eigenvalue weighted by molar-refractivity contribution is 0.175. The summed E-state index contributed by atoms with van der Waals surface area (Å²) in [5.74, 6) is 0.571.